The average Bonchev–Trinajstić information content (AvgIpc) is 3.38. The first-order valence-electron chi connectivity index (χ1n) is 10.8. The molecule has 4 aromatic rings. The van der Waals surface area contributed by atoms with Gasteiger partial charge in [0.25, 0.3) is 0 Å². The number of nitrogens with one attached hydrogen (secondary N) is 1. The highest BCUT2D eigenvalue weighted by molar-refractivity contribution is 5.43. The third kappa shape index (κ3) is 4.72. The number of fused-ring (bicyclic) bond motifs is 1. The van der Waals surface area contributed by atoms with Gasteiger partial charge in [-0.1, -0.05) is 0 Å². The zero-order chi connectivity index (χ0) is 21.2. The van der Waals surface area contributed by atoms with Crippen LogP contribution < -0.4 is 5.43 Å². The number of anilines is 1. The molecular formula is C24H27N7. The molecule has 158 valence electrons. The van der Waals surface area contributed by atoms with Crippen molar-refractivity contribution in [3.8, 4) is 0 Å². The number of rotatable bonds is 6. The van der Waals surface area contributed by atoms with E-state index in [-0.39, 0.29) is 0 Å². The van der Waals surface area contributed by atoms with Gasteiger partial charge in [0, 0.05) is 55.6 Å². The van der Waals surface area contributed by atoms with Crippen molar-refractivity contribution >= 4 is 11.5 Å². The molecule has 0 amide bonds. The van der Waals surface area contributed by atoms with E-state index in [2.05, 4.69) is 57.7 Å². The number of aromatic nitrogens is 5. The molecule has 5 rings (SSSR count). The maximum atomic E-state index is 4.89. The van der Waals surface area contributed by atoms with E-state index in [9.17, 15) is 0 Å². The Kier molecular flexibility index (Phi) is 5.34. The van der Waals surface area contributed by atoms with E-state index in [4.69, 9.17) is 9.97 Å². The van der Waals surface area contributed by atoms with Crippen LogP contribution in [0.25, 0.3) is 5.65 Å². The summed E-state index contributed by atoms with van der Waals surface area (Å²) in [7, 11) is 0. The highest BCUT2D eigenvalue weighted by atomic mass is 15.5. The number of hydrogen-bond acceptors (Lipinski definition) is 6. The standard InChI is InChI=1S/C24H27N7/c1-17-11-18(2)26-20(12-17)15-22-27-21(16-23(28-22)29-31-7-3-4-8-31)13-19-5-9-30-10-6-25-24(30)14-19/h5-6,9-12,14,16H,3-4,7-8,13,15H2,1-2H3,(H,27,28,29). The summed E-state index contributed by atoms with van der Waals surface area (Å²) in [5.41, 5.74) is 9.84. The molecule has 5 heterocycles. The van der Waals surface area contributed by atoms with Crippen LogP contribution in [0.3, 0.4) is 0 Å². The zero-order valence-electron chi connectivity index (χ0n) is 18.0. The number of hydrogen-bond donors (Lipinski definition) is 1. The summed E-state index contributed by atoms with van der Waals surface area (Å²) in [5.74, 6) is 1.65. The molecule has 1 aliphatic heterocycles. The van der Waals surface area contributed by atoms with Crippen molar-refractivity contribution in [3.63, 3.8) is 0 Å². The lowest BCUT2D eigenvalue weighted by Gasteiger charge is -2.18. The van der Waals surface area contributed by atoms with Crippen molar-refractivity contribution in [2.75, 3.05) is 18.5 Å². The first-order valence-corrected chi connectivity index (χ1v) is 10.8. The summed E-state index contributed by atoms with van der Waals surface area (Å²) < 4.78 is 2.01. The van der Waals surface area contributed by atoms with Gasteiger partial charge >= 0.3 is 0 Å². The van der Waals surface area contributed by atoms with Gasteiger partial charge in [0.1, 0.15) is 17.3 Å². The predicted octanol–water partition coefficient (Wildman–Crippen LogP) is 3.74. The van der Waals surface area contributed by atoms with Gasteiger partial charge in [-0.25, -0.2) is 20.0 Å². The van der Waals surface area contributed by atoms with Crippen LogP contribution in [0.2, 0.25) is 0 Å². The molecule has 1 saturated heterocycles. The molecule has 1 aliphatic rings. The minimum Gasteiger partial charge on any atom is -0.307 e. The third-order valence-electron chi connectivity index (χ3n) is 5.54. The summed E-state index contributed by atoms with van der Waals surface area (Å²) >= 11 is 0. The minimum absolute atomic E-state index is 0.615. The number of pyridine rings is 2. The molecule has 0 bridgehead atoms. The second-order valence-corrected chi connectivity index (χ2v) is 8.33. The second-order valence-electron chi connectivity index (χ2n) is 8.33. The molecule has 0 spiro atoms. The van der Waals surface area contributed by atoms with E-state index in [0.717, 1.165) is 53.9 Å². The van der Waals surface area contributed by atoms with Gasteiger partial charge in [0.15, 0.2) is 0 Å². The fourth-order valence-corrected chi connectivity index (χ4v) is 4.22. The van der Waals surface area contributed by atoms with Crippen molar-refractivity contribution in [1.29, 1.82) is 0 Å². The Bertz CT molecular complexity index is 1190. The summed E-state index contributed by atoms with van der Waals surface area (Å²) in [5, 5.41) is 2.24. The van der Waals surface area contributed by atoms with Gasteiger partial charge in [-0.15, -0.1) is 0 Å². The van der Waals surface area contributed by atoms with Gasteiger partial charge in [-0.05, 0) is 62.1 Å². The summed E-state index contributed by atoms with van der Waals surface area (Å²) in [6, 6.07) is 10.5. The Morgan fingerprint density at radius 1 is 0.903 bits per heavy atom. The molecular weight excluding hydrogens is 386 g/mol. The minimum atomic E-state index is 0.615. The Labute approximate surface area is 182 Å². The van der Waals surface area contributed by atoms with E-state index in [0.29, 0.717) is 6.42 Å². The quantitative estimate of drug-likeness (QED) is 0.519. The topological polar surface area (TPSA) is 71.2 Å². The van der Waals surface area contributed by atoms with Crippen molar-refractivity contribution in [1.82, 2.24) is 29.3 Å². The second kappa shape index (κ2) is 8.43. The van der Waals surface area contributed by atoms with Gasteiger partial charge in [-0.3, -0.25) is 4.98 Å². The molecule has 4 aromatic heterocycles. The van der Waals surface area contributed by atoms with Gasteiger partial charge in [0.2, 0.25) is 0 Å². The maximum absolute atomic E-state index is 4.89. The molecule has 0 atom stereocenters. The highest BCUT2D eigenvalue weighted by Crippen LogP contribution is 2.17. The molecule has 0 radical (unpaired) electrons. The van der Waals surface area contributed by atoms with E-state index in [1.807, 2.05) is 29.9 Å². The molecule has 0 aliphatic carbocycles. The molecule has 0 aromatic carbocycles. The monoisotopic (exact) mass is 413 g/mol. The molecule has 1 N–H and O–H groups in total. The van der Waals surface area contributed by atoms with E-state index in [1.165, 1.54) is 24.0 Å². The molecule has 1 fully saturated rings. The van der Waals surface area contributed by atoms with Gasteiger partial charge in [-0.2, -0.15) is 0 Å². The highest BCUT2D eigenvalue weighted by Gasteiger charge is 2.14. The van der Waals surface area contributed by atoms with Crippen LogP contribution in [0.15, 0.2) is 48.9 Å². The Morgan fingerprint density at radius 2 is 1.74 bits per heavy atom. The van der Waals surface area contributed by atoms with E-state index >= 15 is 0 Å². The SMILES string of the molecule is Cc1cc(C)nc(Cc2nc(Cc3ccn4ccnc4c3)cc(NN3CCCC3)n2)c1. The molecule has 7 heteroatoms. The lowest BCUT2D eigenvalue weighted by Crippen LogP contribution is -2.27. The fraction of sp³-hybridized carbons (Fsp3) is 0.333. The summed E-state index contributed by atoms with van der Waals surface area (Å²) in [6.07, 6.45) is 9.59. The Morgan fingerprint density at radius 3 is 2.58 bits per heavy atom. The van der Waals surface area contributed by atoms with Gasteiger partial charge < -0.3 is 9.83 Å². The Balaban J connectivity index is 1.45. The van der Waals surface area contributed by atoms with Crippen LogP contribution in [0.5, 0.6) is 0 Å². The number of imidazole rings is 1. The van der Waals surface area contributed by atoms with Crippen LogP contribution >= 0.6 is 0 Å². The van der Waals surface area contributed by atoms with Gasteiger partial charge in [0.05, 0.1) is 12.1 Å². The normalized spacial score (nSPS) is 14.4. The molecule has 0 unspecified atom stereocenters. The van der Waals surface area contributed by atoms with Crippen molar-refractivity contribution in [2.45, 2.75) is 39.5 Å². The van der Waals surface area contributed by atoms with Crippen LogP contribution in [0.1, 0.15) is 46.9 Å². The smallest absolute Gasteiger partial charge is 0.144 e. The first kappa shape index (κ1) is 19.6. The van der Waals surface area contributed by atoms with E-state index in [1.54, 1.807) is 0 Å². The first-order chi connectivity index (χ1) is 15.1. The predicted molar refractivity (Wildman–Crippen MR) is 121 cm³/mol. The Hall–Kier alpha value is -3.32. The maximum Gasteiger partial charge on any atom is 0.144 e. The average molecular weight is 414 g/mol. The van der Waals surface area contributed by atoms with Crippen molar-refractivity contribution < 1.29 is 0 Å². The molecule has 31 heavy (non-hydrogen) atoms. The number of nitrogens with zero attached hydrogens (tertiary/aromatic N) is 6. The lowest BCUT2D eigenvalue weighted by atomic mass is 10.1. The number of hydrazine groups is 1. The van der Waals surface area contributed by atoms with Crippen molar-refractivity contribution in [3.05, 3.63) is 83.0 Å². The van der Waals surface area contributed by atoms with Crippen LogP contribution in [-0.4, -0.2) is 42.4 Å². The molecule has 7 nitrogen and oxygen atoms in total. The van der Waals surface area contributed by atoms with Crippen LogP contribution in [-0.2, 0) is 12.8 Å². The number of aryl methyl sites for hydroxylation is 2. The molecule has 0 saturated carbocycles. The van der Waals surface area contributed by atoms with Crippen molar-refractivity contribution in [2.24, 2.45) is 0 Å². The van der Waals surface area contributed by atoms with Crippen LogP contribution in [0, 0.1) is 13.8 Å². The fourth-order valence-electron chi connectivity index (χ4n) is 4.22. The zero-order valence-corrected chi connectivity index (χ0v) is 18.0. The van der Waals surface area contributed by atoms with Crippen LogP contribution in [0.4, 0.5) is 5.82 Å². The van der Waals surface area contributed by atoms with E-state index < -0.39 is 0 Å². The lowest BCUT2D eigenvalue weighted by molar-refractivity contribution is 0.408. The summed E-state index contributed by atoms with van der Waals surface area (Å²) in [4.78, 5) is 18.8. The third-order valence-corrected chi connectivity index (χ3v) is 5.54. The summed E-state index contributed by atoms with van der Waals surface area (Å²) in [6.45, 7) is 6.22. The largest absolute Gasteiger partial charge is 0.307 e.